The average Bonchev–Trinajstić information content (AvgIpc) is 2.32. The van der Waals surface area contributed by atoms with Crippen LogP contribution in [0, 0.1) is 0 Å². The van der Waals surface area contributed by atoms with Crippen molar-refractivity contribution in [3.8, 4) is 0 Å². The number of benzene rings is 1. The van der Waals surface area contributed by atoms with Gasteiger partial charge in [-0.2, -0.15) is 0 Å². The van der Waals surface area contributed by atoms with Crippen molar-refractivity contribution in [2.24, 2.45) is 0 Å². The number of piperidine rings is 1. The van der Waals surface area contributed by atoms with Crippen LogP contribution in [0.3, 0.4) is 0 Å². The molecule has 0 unspecified atom stereocenters. The minimum atomic E-state index is 1.08. The predicted octanol–water partition coefficient (Wildman–Crippen LogP) is 1.37. The second-order valence-electron chi connectivity index (χ2n) is 4.33. The third-order valence-corrected chi connectivity index (χ3v) is 3.10. The van der Waals surface area contributed by atoms with Gasteiger partial charge in [0, 0.05) is 24.3 Å². The van der Waals surface area contributed by atoms with Crippen LogP contribution in [0.25, 0.3) is 0 Å². The van der Waals surface area contributed by atoms with Crippen LogP contribution in [-0.4, -0.2) is 20.1 Å². The largest absolute Gasteiger partial charge is 0.372 e. The van der Waals surface area contributed by atoms with Gasteiger partial charge < -0.3 is 10.2 Å². The Labute approximate surface area is 92.3 Å². The first-order valence-electron chi connectivity index (χ1n) is 6.02. The Morgan fingerprint density at radius 3 is 2.33 bits per heavy atom. The summed E-state index contributed by atoms with van der Waals surface area (Å²) in [6, 6.07) is 9.04. The number of anilines is 1. The molecule has 0 saturated carbocycles. The van der Waals surface area contributed by atoms with E-state index in [2.05, 4.69) is 41.5 Å². The van der Waals surface area contributed by atoms with E-state index in [0.29, 0.717) is 0 Å². The molecule has 2 N–H and O–H groups in total. The first-order valence-corrected chi connectivity index (χ1v) is 6.02. The second kappa shape index (κ2) is 5.17. The van der Waals surface area contributed by atoms with Crippen molar-refractivity contribution in [2.45, 2.75) is 25.8 Å². The monoisotopic (exact) mass is 205 g/mol. The Bertz CT molecular complexity index is 286. The highest BCUT2D eigenvalue weighted by molar-refractivity contribution is 5.47. The lowest BCUT2D eigenvalue weighted by Crippen LogP contribution is -2.77. The van der Waals surface area contributed by atoms with E-state index >= 15 is 0 Å². The molecular formula is C13H21N2+. The molecule has 2 nitrogen and oxygen atoms in total. The zero-order chi connectivity index (χ0) is 10.5. The van der Waals surface area contributed by atoms with Crippen molar-refractivity contribution < 1.29 is 5.32 Å². The molecule has 1 aliphatic heterocycles. The Balaban J connectivity index is 2.02. The van der Waals surface area contributed by atoms with Gasteiger partial charge in [-0.1, -0.05) is 12.1 Å². The lowest BCUT2D eigenvalue weighted by Gasteiger charge is -2.28. The first-order chi connectivity index (χ1) is 7.40. The third kappa shape index (κ3) is 2.72. The van der Waals surface area contributed by atoms with Crippen LogP contribution >= 0.6 is 0 Å². The fourth-order valence-electron chi connectivity index (χ4n) is 2.23. The van der Waals surface area contributed by atoms with Gasteiger partial charge in [-0.3, -0.25) is 0 Å². The summed E-state index contributed by atoms with van der Waals surface area (Å²) in [4.78, 5) is 2.50. The van der Waals surface area contributed by atoms with Gasteiger partial charge in [0.2, 0.25) is 0 Å². The number of hydrogen-bond donors (Lipinski definition) is 1. The van der Waals surface area contributed by atoms with Crippen molar-refractivity contribution in [1.82, 2.24) is 0 Å². The third-order valence-electron chi connectivity index (χ3n) is 3.10. The summed E-state index contributed by atoms with van der Waals surface area (Å²) in [5, 5.41) is 2.20. The van der Waals surface area contributed by atoms with E-state index in [4.69, 9.17) is 0 Å². The van der Waals surface area contributed by atoms with Crippen molar-refractivity contribution in [2.75, 3.05) is 25.0 Å². The summed E-state index contributed by atoms with van der Waals surface area (Å²) in [7, 11) is 2.11. The Morgan fingerprint density at radius 1 is 1.07 bits per heavy atom. The molecule has 2 heteroatoms. The van der Waals surface area contributed by atoms with Crippen LogP contribution in [0.15, 0.2) is 24.3 Å². The number of rotatable bonds is 3. The van der Waals surface area contributed by atoms with Crippen LogP contribution in [0.2, 0.25) is 0 Å². The Hall–Kier alpha value is -1.02. The second-order valence-corrected chi connectivity index (χ2v) is 4.33. The Kier molecular flexibility index (Phi) is 3.62. The summed E-state index contributed by atoms with van der Waals surface area (Å²) in [5.74, 6) is 0. The van der Waals surface area contributed by atoms with Gasteiger partial charge in [-0.15, -0.1) is 0 Å². The van der Waals surface area contributed by atoms with E-state index in [1.54, 1.807) is 0 Å². The number of nitrogens with zero attached hydrogens (tertiary/aromatic N) is 1. The van der Waals surface area contributed by atoms with Gasteiger partial charge in [0.1, 0.15) is 6.54 Å². The topological polar surface area (TPSA) is 19.9 Å². The molecule has 15 heavy (non-hydrogen) atoms. The number of nitrogens with two attached hydrogens (primary N) is 1. The van der Waals surface area contributed by atoms with Gasteiger partial charge in [-0.05, 0) is 31.4 Å². The highest BCUT2D eigenvalue weighted by Crippen LogP contribution is 2.19. The lowest BCUT2D eigenvalue weighted by molar-refractivity contribution is -0.643. The lowest BCUT2D eigenvalue weighted by atomic mass is 10.1. The molecule has 2 rings (SSSR count). The van der Waals surface area contributed by atoms with E-state index in [-0.39, 0.29) is 0 Å². The molecule has 0 atom stereocenters. The Morgan fingerprint density at radius 2 is 1.73 bits per heavy atom. The molecule has 0 radical (unpaired) electrons. The van der Waals surface area contributed by atoms with E-state index in [1.807, 2.05) is 0 Å². The maximum absolute atomic E-state index is 2.50. The van der Waals surface area contributed by atoms with Gasteiger partial charge in [-0.25, -0.2) is 0 Å². The van der Waals surface area contributed by atoms with Crippen LogP contribution in [0.5, 0.6) is 0 Å². The minimum absolute atomic E-state index is 1.08. The average molecular weight is 205 g/mol. The van der Waals surface area contributed by atoms with Gasteiger partial charge in [0.25, 0.3) is 0 Å². The smallest absolute Gasteiger partial charge is 0.101 e. The molecule has 0 spiro atoms. The molecule has 1 saturated heterocycles. The molecule has 0 aliphatic carbocycles. The zero-order valence-electron chi connectivity index (χ0n) is 9.58. The van der Waals surface area contributed by atoms with Crippen molar-refractivity contribution >= 4 is 5.69 Å². The van der Waals surface area contributed by atoms with Crippen LogP contribution in [0.1, 0.15) is 24.8 Å². The van der Waals surface area contributed by atoms with E-state index in [0.717, 1.165) is 6.54 Å². The molecular weight excluding hydrogens is 184 g/mol. The molecule has 1 aromatic carbocycles. The highest BCUT2D eigenvalue weighted by atomic mass is 15.1. The van der Waals surface area contributed by atoms with Crippen LogP contribution < -0.4 is 10.2 Å². The maximum atomic E-state index is 2.50. The summed E-state index contributed by atoms with van der Waals surface area (Å²) >= 11 is 0. The molecule has 1 aromatic rings. The van der Waals surface area contributed by atoms with E-state index in [1.165, 1.54) is 43.6 Å². The molecule has 1 fully saturated rings. The normalized spacial score (nSPS) is 16.7. The quantitative estimate of drug-likeness (QED) is 0.790. The summed E-state index contributed by atoms with van der Waals surface area (Å²) in [6.45, 7) is 3.55. The highest BCUT2D eigenvalue weighted by Gasteiger charge is 2.10. The maximum Gasteiger partial charge on any atom is 0.101 e. The summed E-state index contributed by atoms with van der Waals surface area (Å²) in [6.07, 6.45) is 4.11. The van der Waals surface area contributed by atoms with Gasteiger partial charge >= 0.3 is 0 Å². The van der Waals surface area contributed by atoms with Crippen LogP contribution in [-0.2, 0) is 6.54 Å². The van der Waals surface area contributed by atoms with Crippen molar-refractivity contribution in [1.29, 1.82) is 0 Å². The van der Waals surface area contributed by atoms with Gasteiger partial charge in [0.15, 0.2) is 0 Å². The van der Waals surface area contributed by atoms with Crippen LogP contribution in [0.4, 0.5) is 5.69 Å². The SMILES string of the molecule is C[NH2+]Cc1ccc(N2CCCCC2)cc1. The molecule has 82 valence electrons. The zero-order valence-corrected chi connectivity index (χ0v) is 9.58. The number of quaternary nitrogens is 1. The molecule has 0 bridgehead atoms. The van der Waals surface area contributed by atoms with E-state index in [9.17, 15) is 0 Å². The van der Waals surface area contributed by atoms with Crippen molar-refractivity contribution in [3.63, 3.8) is 0 Å². The minimum Gasteiger partial charge on any atom is -0.372 e. The van der Waals surface area contributed by atoms with E-state index < -0.39 is 0 Å². The fraction of sp³-hybridized carbons (Fsp3) is 0.538. The summed E-state index contributed by atoms with van der Waals surface area (Å²) in [5.41, 5.74) is 2.81. The summed E-state index contributed by atoms with van der Waals surface area (Å²) < 4.78 is 0. The van der Waals surface area contributed by atoms with Crippen molar-refractivity contribution in [3.05, 3.63) is 29.8 Å². The standard InChI is InChI=1S/C13H20N2/c1-14-11-12-5-7-13(8-6-12)15-9-3-2-4-10-15/h5-8,14H,2-4,9-11H2,1H3/p+1. The molecule has 1 aliphatic rings. The molecule has 0 amide bonds. The predicted molar refractivity (Wildman–Crippen MR) is 64.1 cm³/mol. The number of hydrogen-bond acceptors (Lipinski definition) is 1. The molecule has 1 heterocycles. The molecule has 0 aromatic heterocycles. The first kappa shape index (κ1) is 10.5. The van der Waals surface area contributed by atoms with Gasteiger partial charge in [0.05, 0.1) is 7.05 Å². The fourth-order valence-corrected chi connectivity index (χ4v) is 2.23.